The Kier molecular flexibility index (Phi) is 5.93. The molecule has 2 heterocycles. The van der Waals surface area contributed by atoms with Crippen LogP contribution in [0.25, 0.3) is 0 Å². The van der Waals surface area contributed by atoms with E-state index in [-0.39, 0.29) is 24.7 Å². The molecule has 2 saturated heterocycles. The summed E-state index contributed by atoms with van der Waals surface area (Å²) in [5.74, 6) is 0.424. The minimum Gasteiger partial charge on any atom is -0.394 e. The molecule has 1 aromatic carbocycles. The van der Waals surface area contributed by atoms with Gasteiger partial charge in [0.05, 0.1) is 18.8 Å². The van der Waals surface area contributed by atoms with Gasteiger partial charge in [0.15, 0.2) is 0 Å². The molecule has 4 atom stereocenters. The number of likely N-dealkylation sites (tertiary alicyclic amines) is 2. The zero-order chi connectivity index (χ0) is 17.8. The molecule has 6 heteroatoms. The Balaban J connectivity index is 1.49. The van der Waals surface area contributed by atoms with E-state index in [1.807, 2.05) is 6.07 Å². The van der Waals surface area contributed by atoms with Gasteiger partial charge in [-0.1, -0.05) is 30.3 Å². The number of benzene rings is 1. The van der Waals surface area contributed by atoms with E-state index in [1.54, 1.807) is 4.90 Å². The molecule has 0 bridgehead atoms. The van der Waals surface area contributed by atoms with Gasteiger partial charge >= 0.3 is 6.03 Å². The quantitative estimate of drug-likeness (QED) is 0.744. The molecular weight excluding hydrogens is 318 g/mol. The van der Waals surface area contributed by atoms with Crippen LogP contribution in [-0.4, -0.2) is 70.5 Å². The van der Waals surface area contributed by atoms with E-state index in [1.165, 1.54) is 5.56 Å². The van der Waals surface area contributed by atoms with Crippen molar-refractivity contribution in [1.82, 2.24) is 15.1 Å². The molecule has 0 aliphatic carbocycles. The van der Waals surface area contributed by atoms with Crippen molar-refractivity contribution in [3.05, 3.63) is 35.9 Å². The third-order valence-corrected chi connectivity index (χ3v) is 5.48. The van der Waals surface area contributed by atoms with Gasteiger partial charge in [0.1, 0.15) is 0 Å². The number of hydrogen-bond acceptors (Lipinski definition) is 4. The summed E-state index contributed by atoms with van der Waals surface area (Å²) in [7, 11) is 0. The van der Waals surface area contributed by atoms with E-state index in [2.05, 4.69) is 41.4 Å². The zero-order valence-corrected chi connectivity index (χ0v) is 14.8. The molecule has 138 valence electrons. The summed E-state index contributed by atoms with van der Waals surface area (Å²) in [6.07, 6.45) is 0.985. The van der Waals surface area contributed by atoms with Gasteiger partial charge in [-0.05, 0) is 37.8 Å². The zero-order valence-electron chi connectivity index (χ0n) is 14.8. The summed E-state index contributed by atoms with van der Waals surface area (Å²) in [6.45, 7) is 5.21. The fraction of sp³-hybridized carbons (Fsp3) is 0.632. The molecule has 0 radical (unpaired) electrons. The SMILES string of the molecule is C[C@@H](NC(=O)N1C[C@@H](O)C[C@H]1CO)[C@@H]1CCN(Cc2ccccc2)C1. The molecule has 2 aliphatic rings. The molecule has 6 nitrogen and oxygen atoms in total. The van der Waals surface area contributed by atoms with Crippen molar-refractivity contribution in [2.24, 2.45) is 5.92 Å². The third-order valence-electron chi connectivity index (χ3n) is 5.48. The number of carbonyl (C=O) groups excluding carboxylic acids is 1. The summed E-state index contributed by atoms with van der Waals surface area (Å²) in [5.41, 5.74) is 1.32. The van der Waals surface area contributed by atoms with Crippen molar-refractivity contribution in [3.63, 3.8) is 0 Å². The highest BCUT2D eigenvalue weighted by molar-refractivity contribution is 5.75. The molecule has 2 aliphatic heterocycles. The number of carbonyl (C=O) groups is 1. The predicted octanol–water partition coefficient (Wildman–Crippen LogP) is 1.03. The number of β-amino-alcohol motifs (C(OH)–C–C–N with tert-alkyl or cyclic N) is 1. The van der Waals surface area contributed by atoms with Crippen LogP contribution in [-0.2, 0) is 6.54 Å². The first-order valence-corrected chi connectivity index (χ1v) is 9.19. The first-order valence-electron chi connectivity index (χ1n) is 9.19. The number of hydrogen-bond donors (Lipinski definition) is 3. The number of nitrogens with zero attached hydrogens (tertiary/aromatic N) is 2. The average molecular weight is 347 g/mol. The van der Waals surface area contributed by atoms with Gasteiger partial charge in [-0.3, -0.25) is 4.90 Å². The molecular formula is C19H29N3O3. The largest absolute Gasteiger partial charge is 0.394 e. The fourth-order valence-corrected chi connectivity index (χ4v) is 3.97. The minimum absolute atomic E-state index is 0.0744. The van der Waals surface area contributed by atoms with Gasteiger partial charge in [0.2, 0.25) is 0 Å². The van der Waals surface area contributed by atoms with Gasteiger partial charge in [0.25, 0.3) is 0 Å². The lowest BCUT2D eigenvalue weighted by molar-refractivity contribution is 0.150. The molecule has 2 amide bonds. The second-order valence-electron chi connectivity index (χ2n) is 7.39. The van der Waals surface area contributed by atoms with Gasteiger partial charge < -0.3 is 20.4 Å². The molecule has 25 heavy (non-hydrogen) atoms. The Morgan fingerprint density at radius 2 is 2.08 bits per heavy atom. The lowest BCUT2D eigenvalue weighted by atomic mass is 10.0. The maximum atomic E-state index is 12.5. The van der Waals surface area contributed by atoms with Crippen LogP contribution in [0.2, 0.25) is 0 Å². The van der Waals surface area contributed by atoms with E-state index in [9.17, 15) is 15.0 Å². The summed E-state index contributed by atoms with van der Waals surface area (Å²) in [6, 6.07) is 10.1. The lowest BCUT2D eigenvalue weighted by Gasteiger charge is -2.28. The van der Waals surface area contributed by atoms with Gasteiger partial charge in [-0.2, -0.15) is 0 Å². The number of urea groups is 1. The molecule has 0 saturated carbocycles. The van der Waals surface area contributed by atoms with Crippen molar-refractivity contribution >= 4 is 6.03 Å². The highest BCUT2D eigenvalue weighted by Gasteiger charge is 2.35. The van der Waals surface area contributed by atoms with Gasteiger partial charge in [0, 0.05) is 25.7 Å². The first-order chi connectivity index (χ1) is 12.1. The fourth-order valence-electron chi connectivity index (χ4n) is 3.97. The Hall–Kier alpha value is -1.63. The van der Waals surface area contributed by atoms with Gasteiger partial charge in [-0.15, -0.1) is 0 Å². The standard InChI is InChI=1S/C19H29N3O3/c1-14(20-19(25)22-12-18(24)9-17(22)13-23)16-7-8-21(11-16)10-15-5-3-2-4-6-15/h2-6,14,16-18,23-24H,7-13H2,1H3,(H,20,25)/t14-,16-,17+,18+/m1/s1. The van der Waals surface area contributed by atoms with E-state index in [4.69, 9.17) is 0 Å². The summed E-state index contributed by atoms with van der Waals surface area (Å²) in [4.78, 5) is 16.5. The Labute approximate surface area is 149 Å². The second kappa shape index (κ2) is 8.17. The maximum Gasteiger partial charge on any atom is 0.318 e. The molecule has 0 spiro atoms. The second-order valence-corrected chi connectivity index (χ2v) is 7.39. The van der Waals surface area contributed by atoms with Crippen LogP contribution in [0.4, 0.5) is 4.79 Å². The predicted molar refractivity (Wildman–Crippen MR) is 96.0 cm³/mol. The molecule has 0 aromatic heterocycles. The smallest absolute Gasteiger partial charge is 0.318 e. The molecule has 3 N–H and O–H groups in total. The number of nitrogens with one attached hydrogen (secondary N) is 1. The van der Waals surface area contributed by atoms with E-state index in [0.29, 0.717) is 18.9 Å². The maximum absolute atomic E-state index is 12.5. The van der Waals surface area contributed by atoms with Crippen LogP contribution >= 0.6 is 0 Å². The van der Waals surface area contributed by atoms with Crippen LogP contribution < -0.4 is 5.32 Å². The Morgan fingerprint density at radius 1 is 1.32 bits per heavy atom. The molecule has 3 rings (SSSR count). The number of amides is 2. The third kappa shape index (κ3) is 4.51. The van der Waals surface area contributed by atoms with Crippen LogP contribution in [0.15, 0.2) is 30.3 Å². The monoisotopic (exact) mass is 347 g/mol. The van der Waals surface area contributed by atoms with Crippen molar-refractivity contribution in [2.45, 2.75) is 44.5 Å². The van der Waals surface area contributed by atoms with E-state index >= 15 is 0 Å². The molecule has 2 fully saturated rings. The van der Waals surface area contributed by atoms with E-state index in [0.717, 1.165) is 26.1 Å². The van der Waals surface area contributed by atoms with Crippen molar-refractivity contribution in [1.29, 1.82) is 0 Å². The van der Waals surface area contributed by atoms with E-state index < -0.39 is 6.10 Å². The Morgan fingerprint density at radius 3 is 2.80 bits per heavy atom. The highest BCUT2D eigenvalue weighted by atomic mass is 16.3. The van der Waals surface area contributed by atoms with Gasteiger partial charge in [-0.25, -0.2) is 4.79 Å². The first kappa shape index (κ1) is 18.2. The van der Waals surface area contributed by atoms with Crippen LogP contribution in [0.5, 0.6) is 0 Å². The van der Waals surface area contributed by atoms with Crippen molar-refractivity contribution < 1.29 is 15.0 Å². The summed E-state index contributed by atoms with van der Waals surface area (Å²) < 4.78 is 0. The molecule has 1 aromatic rings. The normalized spacial score (nSPS) is 28.3. The lowest BCUT2D eigenvalue weighted by Crippen LogP contribution is -2.49. The Bertz CT molecular complexity index is 568. The minimum atomic E-state index is -0.536. The van der Waals surface area contributed by atoms with Crippen molar-refractivity contribution in [2.75, 3.05) is 26.2 Å². The summed E-state index contributed by atoms with van der Waals surface area (Å²) >= 11 is 0. The number of aliphatic hydroxyl groups excluding tert-OH is 2. The topological polar surface area (TPSA) is 76.0 Å². The van der Waals surface area contributed by atoms with Crippen molar-refractivity contribution in [3.8, 4) is 0 Å². The van der Waals surface area contributed by atoms with Crippen LogP contribution in [0.1, 0.15) is 25.3 Å². The highest BCUT2D eigenvalue weighted by Crippen LogP contribution is 2.23. The van der Waals surface area contributed by atoms with Crippen LogP contribution in [0, 0.1) is 5.92 Å². The average Bonchev–Trinajstić information content (AvgIpc) is 3.22. The number of aliphatic hydroxyl groups is 2. The number of rotatable bonds is 5. The van der Waals surface area contributed by atoms with Crippen LogP contribution in [0.3, 0.4) is 0 Å². The summed E-state index contributed by atoms with van der Waals surface area (Å²) in [5, 5.41) is 22.2. The molecule has 0 unspecified atom stereocenters.